The van der Waals surface area contributed by atoms with Crippen molar-refractivity contribution in [2.24, 2.45) is 5.73 Å². The molecule has 0 aromatic heterocycles. The van der Waals surface area contributed by atoms with Gasteiger partial charge in [0.1, 0.15) is 6.04 Å². The molecule has 6 nitrogen and oxygen atoms in total. The van der Waals surface area contributed by atoms with E-state index in [9.17, 15) is 14.4 Å². The molecule has 0 saturated heterocycles. The van der Waals surface area contributed by atoms with E-state index in [0.717, 1.165) is 12.8 Å². The predicted molar refractivity (Wildman–Crippen MR) is 85.4 cm³/mol. The van der Waals surface area contributed by atoms with Crippen LogP contribution in [0.4, 0.5) is 0 Å². The molecule has 0 heterocycles. The zero-order valence-electron chi connectivity index (χ0n) is 17.5. The molecule has 0 saturated carbocycles. The first-order chi connectivity index (χ1) is 10.5. The summed E-state index contributed by atoms with van der Waals surface area (Å²) in [6.45, 7) is 2.19. The normalized spacial score (nSPS) is 10.9. The third-order valence-electron chi connectivity index (χ3n) is 3.40. The maximum Gasteiger partial charge on any atom is 1.00 e. The standard InChI is InChI=1S/C16H29NO5.2Na.2H/c1-2-3-4-5-6-7-8-9-10-11-15(20)22-16(21)13(17)12-14(18)19;;;;/h13H,2-12,17H2,1H3,(H,18,19);;;;/q;2*+1;2*-1. The molecule has 0 aromatic rings. The average Bonchev–Trinajstić information content (AvgIpc) is 2.44. The van der Waals surface area contributed by atoms with Gasteiger partial charge in [0.05, 0.1) is 6.42 Å². The molecule has 24 heavy (non-hydrogen) atoms. The van der Waals surface area contributed by atoms with Gasteiger partial charge in [0.15, 0.2) is 0 Å². The summed E-state index contributed by atoms with van der Waals surface area (Å²) in [5, 5.41) is 8.49. The molecule has 0 aliphatic carbocycles. The fourth-order valence-electron chi connectivity index (χ4n) is 2.09. The number of unbranched alkanes of at least 4 members (excludes halogenated alkanes) is 8. The number of hydrogen-bond acceptors (Lipinski definition) is 5. The first-order valence-corrected chi connectivity index (χ1v) is 8.19. The van der Waals surface area contributed by atoms with Crippen LogP contribution in [0.25, 0.3) is 0 Å². The fourth-order valence-corrected chi connectivity index (χ4v) is 2.09. The van der Waals surface area contributed by atoms with E-state index >= 15 is 0 Å². The molecular weight excluding hydrogens is 332 g/mol. The number of ether oxygens (including phenoxy) is 1. The zero-order valence-corrected chi connectivity index (χ0v) is 19.5. The summed E-state index contributed by atoms with van der Waals surface area (Å²) in [5.41, 5.74) is 5.30. The number of aliphatic carboxylic acids is 1. The summed E-state index contributed by atoms with van der Waals surface area (Å²) in [7, 11) is 0. The number of carbonyl (C=O) groups is 3. The molecule has 3 N–H and O–H groups in total. The Morgan fingerprint density at radius 2 is 1.42 bits per heavy atom. The minimum Gasteiger partial charge on any atom is -1.00 e. The second-order valence-electron chi connectivity index (χ2n) is 5.58. The Hall–Kier alpha value is 0.570. The SMILES string of the molecule is CCCCCCCCCCCC(=O)OC(=O)C(N)CC(=O)O.[H-].[H-].[Na+].[Na+]. The number of hydrogen-bond donors (Lipinski definition) is 2. The molecule has 0 aliphatic rings. The third-order valence-corrected chi connectivity index (χ3v) is 3.40. The molecular formula is C16H31NNa2O5. The summed E-state index contributed by atoms with van der Waals surface area (Å²) in [4.78, 5) is 33.1. The molecule has 8 heteroatoms. The van der Waals surface area contributed by atoms with Crippen molar-refractivity contribution in [1.82, 2.24) is 0 Å². The van der Waals surface area contributed by atoms with Crippen molar-refractivity contribution in [1.29, 1.82) is 0 Å². The van der Waals surface area contributed by atoms with Crippen molar-refractivity contribution in [2.75, 3.05) is 0 Å². The number of carboxylic acid groups (broad SMARTS) is 1. The van der Waals surface area contributed by atoms with Crippen LogP contribution in [0.5, 0.6) is 0 Å². The molecule has 0 aliphatic heterocycles. The molecule has 0 aromatic carbocycles. The Balaban J connectivity index is -0.000000367. The molecule has 1 unspecified atom stereocenters. The Morgan fingerprint density at radius 3 is 1.88 bits per heavy atom. The Bertz CT molecular complexity index is 364. The van der Waals surface area contributed by atoms with Gasteiger partial charge in [-0.15, -0.1) is 0 Å². The summed E-state index contributed by atoms with van der Waals surface area (Å²) >= 11 is 0. The van der Waals surface area contributed by atoms with Gasteiger partial charge in [0, 0.05) is 6.42 Å². The Kier molecular flexibility index (Phi) is 24.3. The van der Waals surface area contributed by atoms with Gasteiger partial charge in [-0.05, 0) is 6.42 Å². The van der Waals surface area contributed by atoms with Crippen LogP contribution in [-0.4, -0.2) is 29.1 Å². The van der Waals surface area contributed by atoms with Crippen molar-refractivity contribution in [2.45, 2.75) is 83.6 Å². The van der Waals surface area contributed by atoms with E-state index < -0.39 is 30.4 Å². The summed E-state index contributed by atoms with van der Waals surface area (Å²) in [6, 6.07) is -1.29. The van der Waals surface area contributed by atoms with E-state index in [0.29, 0.717) is 6.42 Å². The molecule has 0 bridgehead atoms. The quantitative estimate of drug-likeness (QED) is 0.156. The van der Waals surface area contributed by atoms with Crippen LogP contribution in [0.1, 0.15) is 80.4 Å². The molecule has 0 spiro atoms. The summed E-state index contributed by atoms with van der Waals surface area (Å²) < 4.78 is 4.52. The van der Waals surface area contributed by atoms with Crippen LogP contribution in [0.3, 0.4) is 0 Å². The van der Waals surface area contributed by atoms with Gasteiger partial charge in [-0.2, -0.15) is 0 Å². The minimum absolute atomic E-state index is 0. The fraction of sp³-hybridized carbons (Fsp3) is 0.812. The number of carbonyl (C=O) groups excluding carboxylic acids is 2. The topological polar surface area (TPSA) is 107 Å². The van der Waals surface area contributed by atoms with Crippen molar-refractivity contribution in [3.05, 3.63) is 0 Å². The Labute approximate surface area is 192 Å². The Morgan fingerprint density at radius 1 is 0.958 bits per heavy atom. The third kappa shape index (κ3) is 18.9. The number of nitrogens with two attached hydrogens (primary N) is 1. The van der Waals surface area contributed by atoms with Crippen LogP contribution in [0.2, 0.25) is 0 Å². The molecule has 132 valence electrons. The van der Waals surface area contributed by atoms with E-state index in [4.69, 9.17) is 10.8 Å². The van der Waals surface area contributed by atoms with Crippen molar-refractivity contribution >= 4 is 17.9 Å². The van der Waals surface area contributed by atoms with Crippen LogP contribution < -0.4 is 64.8 Å². The maximum atomic E-state index is 11.4. The van der Waals surface area contributed by atoms with Crippen LogP contribution >= 0.6 is 0 Å². The van der Waals surface area contributed by atoms with Gasteiger partial charge in [0.25, 0.3) is 0 Å². The van der Waals surface area contributed by atoms with E-state index in [1.807, 2.05) is 0 Å². The van der Waals surface area contributed by atoms with Crippen LogP contribution in [0.15, 0.2) is 0 Å². The van der Waals surface area contributed by atoms with Crippen LogP contribution in [-0.2, 0) is 19.1 Å². The van der Waals surface area contributed by atoms with E-state index in [1.165, 1.54) is 38.5 Å². The van der Waals surface area contributed by atoms with E-state index in [-0.39, 0.29) is 68.4 Å². The van der Waals surface area contributed by atoms with E-state index in [2.05, 4.69) is 11.7 Å². The van der Waals surface area contributed by atoms with Gasteiger partial charge in [-0.1, -0.05) is 58.3 Å². The first kappa shape index (κ1) is 29.3. The molecule has 0 radical (unpaired) electrons. The molecule has 0 rings (SSSR count). The van der Waals surface area contributed by atoms with Crippen LogP contribution in [0, 0.1) is 0 Å². The molecule has 0 fully saturated rings. The summed E-state index contributed by atoms with van der Waals surface area (Å²) in [6.07, 6.45) is 9.81. The smallest absolute Gasteiger partial charge is 1.00 e. The van der Waals surface area contributed by atoms with Crippen molar-refractivity contribution in [3.8, 4) is 0 Å². The van der Waals surface area contributed by atoms with Gasteiger partial charge in [0.2, 0.25) is 0 Å². The number of esters is 2. The molecule has 1 atom stereocenters. The van der Waals surface area contributed by atoms with Crippen molar-refractivity contribution in [3.63, 3.8) is 0 Å². The number of rotatable bonds is 13. The van der Waals surface area contributed by atoms with Gasteiger partial charge < -0.3 is 18.4 Å². The monoisotopic (exact) mass is 363 g/mol. The van der Waals surface area contributed by atoms with Gasteiger partial charge >= 0.3 is 77.0 Å². The minimum atomic E-state index is -1.29. The summed E-state index contributed by atoms with van der Waals surface area (Å²) in [5.74, 6) is -2.80. The zero-order chi connectivity index (χ0) is 16.8. The maximum absolute atomic E-state index is 11.4. The number of carboxylic acids is 1. The van der Waals surface area contributed by atoms with Gasteiger partial charge in [-0.3, -0.25) is 9.59 Å². The van der Waals surface area contributed by atoms with Crippen molar-refractivity contribution < 1.29 is 86.2 Å². The van der Waals surface area contributed by atoms with E-state index in [1.54, 1.807) is 0 Å². The second-order valence-corrected chi connectivity index (χ2v) is 5.58. The predicted octanol–water partition coefficient (Wildman–Crippen LogP) is -2.99. The largest absolute Gasteiger partial charge is 1.00 e. The average molecular weight is 363 g/mol. The first-order valence-electron chi connectivity index (χ1n) is 8.19. The second kappa shape index (κ2) is 19.9. The van der Waals surface area contributed by atoms with Gasteiger partial charge in [-0.25, -0.2) is 4.79 Å². The molecule has 0 amide bonds.